The molecular formula is C13H17NO5. The number of aliphatic hydroxyl groups excluding tert-OH is 1. The molecule has 0 aliphatic rings. The van der Waals surface area contributed by atoms with Crippen LogP contribution in [0.2, 0.25) is 0 Å². The third-order valence-electron chi connectivity index (χ3n) is 2.66. The minimum atomic E-state index is -1.46. The number of hydrogen-bond donors (Lipinski definition) is 3. The second-order valence-corrected chi connectivity index (χ2v) is 4.08. The van der Waals surface area contributed by atoms with Crippen LogP contribution in [0.4, 0.5) is 0 Å². The fourth-order valence-electron chi connectivity index (χ4n) is 1.51. The van der Waals surface area contributed by atoms with Crippen LogP contribution in [0.5, 0.6) is 5.75 Å². The van der Waals surface area contributed by atoms with Crippen LogP contribution in [0.15, 0.2) is 18.2 Å². The van der Waals surface area contributed by atoms with E-state index in [2.05, 4.69) is 5.32 Å². The molecule has 0 bridgehead atoms. The molecule has 0 unspecified atom stereocenters. The molecule has 1 rings (SSSR count). The Bertz CT molecular complexity index is 472. The van der Waals surface area contributed by atoms with E-state index in [1.165, 1.54) is 7.11 Å². The highest BCUT2D eigenvalue weighted by Crippen LogP contribution is 2.18. The number of rotatable bonds is 6. The van der Waals surface area contributed by atoms with Gasteiger partial charge < -0.3 is 20.3 Å². The summed E-state index contributed by atoms with van der Waals surface area (Å²) < 4.78 is 5.11. The predicted octanol–water partition coefficient (Wildman–Crippen LogP) is 0.569. The Morgan fingerprint density at radius 2 is 2.11 bits per heavy atom. The second kappa shape index (κ2) is 6.75. The molecule has 6 heteroatoms. The van der Waals surface area contributed by atoms with Crippen LogP contribution in [0.1, 0.15) is 22.3 Å². The number of ether oxygens (including phenoxy) is 1. The first-order valence-corrected chi connectivity index (χ1v) is 5.79. The fraction of sp³-hybridized carbons (Fsp3) is 0.385. The van der Waals surface area contributed by atoms with Crippen molar-refractivity contribution in [1.82, 2.24) is 5.32 Å². The molecule has 0 saturated carbocycles. The monoisotopic (exact) mass is 267 g/mol. The third-order valence-corrected chi connectivity index (χ3v) is 2.66. The van der Waals surface area contributed by atoms with Crippen molar-refractivity contribution >= 4 is 11.9 Å². The van der Waals surface area contributed by atoms with Crippen molar-refractivity contribution in [3.8, 4) is 5.75 Å². The number of aryl methyl sites for hydroxylation is 1. The van der Waals surface area contributed by atoms with Crippen LogP contribution in [0.3, 0.4) is 0 Å². The van der Waals surface area contributed by atoms with Crippen molar-refractivity contribution in [2.24, 2.45) is 0 Å². The summed E-state index contributed by atoms with van der Waals surface area (Å²) >= 11 is 0. The summed E-state index contributed by atoms with van der Waals surface area (Å²) in [4.78, 5) is 22.2. The summed E-state index contributed by atoms with van der Waals surface area (Å²) in [5, 5.41) is 20.1. The zero-order valence-corrected chi connectivity index (χ0v) is 10.8. The van der Waals surface area contributed by atoms with Crippen molar-refractivity contribution in [1.29, 1.82) is 0 Å². The van der Waals surface area contributed by atoms with Crippen molar-refractivity contribution in [2.45, 2.75) is 19.4 Å². The Hall–Kier alpha value is -2.08. The van der Waals surface area contributed by atoms with Crippen LogP contribution < -0.4 is 10.1 Å². The Kier molecular flexibility index (Phi) is 5.32. The van der Waals surface area contributed by atoms with Gasteiger partial charge in [-0.15, -0.1) is 0 Å². The maximum absolute atomic E-state index is 11.8. The van der Waals surface area contributed by atoms with E-state index in [1.54, 1.807) is 18.2 Å². The molecule has 0 aliphatic heterocycles. The van der Waals surface area contributed by atoms with Gasteiger partial charge in [0.1, 0.15) is 5.75 Å². The number of carbonyl (C=O) groups is 2. The standard InChI is InChI=1S/C13H17NO5/c1-8-3-4-9(7-11(8)19-2)12(16)14-6-5-10(15)13(17)18/h3-4,7,10,15H,5-6H2,1-2H3,(H,14,16)(H,17,18)/t10-/m0/s1. The molecule has 0 saturated heterocycles. The van der Waals surface area contributed by atoms with Crippen molar-refractivity contribution in [3.63, 3.8) is 0 Å². The van der Waals surface area contributed by atoms with Crippen LogP contribution in [-0.2, 0) is 4.79 Å². The zero-order chi connectivity index (χ0) is 14.4. The first-order chi connectivity index (χ1) is 8.95. The summed E-state index contributed by atoms with van der Waals surface area (Å²) in [6.45, 7) is 1.95. The fourth-order valence-corrected chi connectivity index (χ4v) is 1.51. The van der Waals surface area contributed by atoms with Gasteiger partial charge >= 0.3 is 5.97 Å². The number of amides is 1. The summed E-state index contributed by atoms with van der Waals surface area (Å²) in [6.07, 6.45) is -1.50. The number of methoxy groups -OCH3 is 1. The normalized spacial score (nSPS) is 11.7. The predicted molar refractivity (Wildman–Crippen MR) is 68.3 cm³/mol. The third kappa shape index (κ3) is 4.26. The molecule has 3 N–H and O–H groups in total. The summed E-state index contributed by atoms with van der Waals surface area (Å²) in [7, 11) is 1.52. The summed E-state index contributed by atoms with van der Waals surface area (Å²) in [6, 6.07) is 5.03. The lowest BCUT2D eigenvalue weighted by molar-refractivity contribution is -0.146. The number of aliphatic carboxylic acids is 1. The van der Waals surface area contributed by atoms with E-state index in [9.17, 15) is 9.59 Å². The Morgan fingerprint density at radius 3 is 2.68 bits per heavy atom. The van der Waals surface area contributed by atoms with E-state index in [-0.39, 0.29) is 18.9 Å². The van der Waals surface area contributed by atoms with E-state index >= 15 is 0 Å². The van der Waals surface area contributed by atoms with E-state index in [4.69, 9.17) is 14.9 Å². The summed E-state index contributed by atoms with van der Waals surface area (Å²) in [5.74, 6) is -1.03. The van der Waals surface area contributed by atoms with E-state index in [0.29, 0.717) is 11.3 Å². The van der Waals surface area contributed by atoms with Gasteiger partial charge in [0, 0.05) is 18.5 Å². The van der Waals surface area contributed by atoms with Crippen LogP contribution in [-0.4, -0.2) is 41.8 Å². The van der Waals surface area contributed by atoms with E-state index in [1.807, 2.05) is 6.92 Å². The highest BCUT2D eigenvalue weighted by atomic mass is 16.5. The molecular weight excluding hydrogens is 250 g/mol. The van der Waals surface area contributed by atoms with Crippen LogP contribution in [0.25, 0.3) is 0 Å². The second-order valence-electron chi connectivity index (χ2n) is 4.08. The number of benzene rings is 1. The van der Waals surface area contributed by atoms with Crippen LogP contribution in [0, 0.1) is 6.92 Å². The van der Waals surface area contributed by atoms with Gasteiger partial charge in [-0.2, -0.15) is 0 Å². The van der Waals surface area contributed by atoms with Gasteiger partial charge in [0.05, 0.1) is 7.11 Å². The number of carbonyl (C=O) groups excluding carboxylic acids is 1. The largest absolute Gasteiger partial charge is 0.496 e. The lowest BCUT2D eigenvalue weighted by Gasteiger charge is -2.09. The Labute approximate surface area is 111 Å². The zero-order valence-electron chi connectivity index (χ0n) is 10.8. The lowest BCUT2D eigenvalue weighted by atomic mass is 10.1. The smallest absolute Gasteiger partial charge is 0.332 e. The summed E-state index contributed by atoms with van der Waals surface area (Å²) in [5.41, 5.74) is 1.34. The maximum atomic E-state index is 11.8. The molecule has 0 aliphatic carbocycles. The number of nitrogens with one attached hydrogen (secondary N) is 1. The van der Waals surface area contributed by atoms with Crippen molar-refractivity contribution in [2.75, 3.05) is 13.7 Å². The SMILES string of the molecule is COc1cc(C(=O)NCC[C@H](O)C(=O)O)ccc1C. The van der Waals surface area contributed by atoms with Crippen molar-refractivity contribution in [3.05, 3.63) is 29.3 Å². The molecule has 1 amide bonds. The van der Waals surface area contributed by atoms with Gasteiger partial charge in [0.25, 0.3) is 5.91 Å². The molecule has 104 valence electrons. The number of carboxylic acid groups (broad SMARTS) is 1. The van der Waals surface area contributed by atoms with Crippen LogP contribution >= 0.6 is 0 Å². The molecule has 0 aromatic heterocycles. The molecule has 0 fully saturated rings. The average molecular weight is 267 g/mol. The highest BCUT2D eigenvalue weighted by Gasteiger charge is 2.13. The molecule has 1 aromatic carbocycles. The minimum Gasteiger partial charge on any atom is -0.496 e. The topological polar surface area (TPSA) is 95.9 Å². The number of hydrogen-bond acceptors (Lipinski definition) is 4. The number of aliphatic hydroxyl groups is 1. The molecule has 1 atom stereocenters. The molecule has 0 heterocycles. The first kappa shape index (κ1) is 15.0. The van der Waals surface area contributed by atoms with E-state index in [0.717, 1.165) is 5.56 Å². The van der Waals surface area contributed by atoms with Gasteiger partial charge in [0.15, 0.2) is 6.10 Å². The first-order valence-electron chi connectivity index (χ1n) is 5.79. The highest BCUT2D eigenvalue weighted by molar-refractivity contribution is 5.94. The lowest BCUT2D eigenvalue weighted by Crippen LogP contribution is -2.30. The minimum absolute atomic E-state index is 0.0376. The number of carboxylic acids is 1. The Balaban J connectivity index is 2.56. The maximum Gasteiger partial charge on any atom is 0.332 e. The van der Waals surface area contributed by atoms with Gasteiger partial charge in [-0.3, -0.25) is 4.79 Å². The molecule has 6 nitrogen and oxygen atoms in total. The van der Waals surface area contributed by atoms with Gasteiger partial charge in [0.2, 0.25) is 0 Å². The van der Waals surface area contributed by atoms with Gasteiger partial charge in [-0.1, -0.05) is 6.07 Å². The quantitative estimate of drug-likeness (QED) is 0.700. The van der Waals surface area contributed by atoms with Gasteiger partial charge in [-0.05, 0) is 24.6 Å². The molecule has 0 spiro atoms. The Morgan fingerprint density at radius 1 is 1.42 bits per heavy atom. The van der Waals surface area contributed by atoms with E-state index < -0.39 is 12.1 Å². The molecule has 19 heavy (non-hydrogen) atoms. The van der Waals surface area contributed by atoms with Gasteiger partial charge in [-0.25, -0.2) is 4.79 Å². The van der Waals surface area contributed by atoms with Crippen molar-refractivity contribution < 1.29 is 24.5 Å². The molecule has 1 aromatic rings. The average Bonchev–Trinajstić information content (AvgIpc) is 2.38. The molecule has 0 radical (unpaired) electrons.